The number of carbonyl (C=O) groups excluding carboxylic acids is 1. The van der Waals surface area contributed by atoms with Crippen molar-refractivity contribution >= 4 is 11.8 Å². The molecule has 3 aliphatic rings. The average molecular weight is 332 g/mol. The molecule has 4 rings (SSSR count). The molecular weight excluding hydrogens is 304 g/mol. The van der Waals surface area contributed by atoms with Crippen LogP contribution < -0.4 is 10.6 Å². The normalized spacial score (nSPS) is 32.0. The molecule has 6 nitrogen and oxygen atoms in total. The first-order valence-corrected chi connectivity index (χ1v) is 9.30. The standard InChI is InChI=1S/C18H28N4O2/c1-18(2)15(13-9-11-24-16(13)18)21-17(23)20-14-8-10-19-22(14)12-6-4-3-5-7-12/h8,10,12-13,15-16H,3-7,9,11H2,1-2H3,(H2,20,21,23)/t13-,15+,16+/m0/s1. The second-order valence-electron chi connectivity index (χ2n) is 8.09. The first-order valence-electron chi connectivity index (χ1n) is 9.30. The monoisotopic (exact) mass is 332 g/mol. The predicted molar refractivity (Wildman–Crippen MR) is 91.9 cm³/mol. The van der Waals surface area contributed by atoms with Gasteiger partial charge in [-0.2, -0.15) is 5.10 Å². The lowest BCUT2D eigenvalue weighted by Crippen LogP contribution is -2.67. The summed E-state index contributed by atoms with van der Waals surface area (Å²) >= 11 is 0. The molecular formula is C18H28N4O2. The third kappa shape index (κ3) is 2.61. The van der Waals surface area contributed by atoms with Gasteiger partial charge in [-0.25, -0.2) is 9.48 Å². The zero-order chi connectivity index (χ0) is 16.7. The van der Waals surface area contributed by atoms with Crippen molar-refractivity contribution in [2.75, 3.05) is 11.9 Å². The van der Waals surface area contributed by atoms with Gasteiger partial charge in [0.2, 0.25) is 0 Å². The second kappa shape index (κ2) is 6.06. The van der Waals surface area contributed by atoms with Gasteiger partial charge >= 0.3 is 6.03 Å². The SMILES string of the molecule is CC1(C)[C@H](NC(=O)Nc2ccnn2C2CCCCC2)[C@@H]2CCO[C@H]21. The minimum Gasteiger partial charge on any atom is -0.377 e. The molecule has 0 bridgehead atoms. The van der Waals surface area contributed by atoms with Gasteiger partial charge in [-0.3, -0.25) is 5.32 Å². The highest BCUT2D eigenvalue weighted by atomic mass is 16.5. The number of hydrogen-bond donors (Lipinski definition) is 2. The quantitative estimate of drug-likeness (QED) is 0.892. The Bertz CT molecular complexity index is 606. The van der Waals surface area contributed by atoms with Crippen LogP contribution in [0.25, 0.3) is 0 Å². The highest BCUT2D eigenvalue weighted by Gasteiger charge is 2.59. The average Bonchev–Trinajstić information content (AvgIpc) is 3.21. The van der Waals surface area contributed by atoms with Crippen LogP contribution in [0.3, 0.4) is 0 Å². The molecule has 0 spiro atoms. The van der Waals surface area contributed by atoms with E-state index >= 15 is 0 Å². The fraction of sp³-hybridized carbons (Fsp3) is 0.778. The topological polar surface area (TPSA) is 68.2 Å². The van der Waals surface area contributed by atoms with E-state index in [1.54, 1.807) is 6.20 Å². The Kier molecular flexibility index (Phi) is 4.03. The van der Waals surface area contributed by atoms with Crippen LogP contribution in [0.15, 0.2) is 12.3 Å². The number of ether oxygens (including phenoxy) is 1. The van der Waals surface area contributed by atoms with Crippen LogP contribution in [0.4, 0.5) is 10.6 Å². The number of carbonyl (C=O) groups is 1. The molecule has 1 aromatic rings. The number of anilines is 1. The Hall–Kier alpha value is -1.56. The smallest absolute Gasteiger partial charge is 0.320 e. The van der Waals surface area contributed by atoms with Crippen molar-refractivity contribution in [1.82, 2.24) is 15.1 Å². The van der Waals surface area contributed by atoms with Crippen LogP contribution in [0.5, 0.6) is 0 Å². The Morgan fingerprint density at radius 3 is 2.88 bits per heavy atom. The van der Waals surface area contributed by atoms with E-state index in [0.717, 1.165) is 31.7 Å². The van der Waals surface area contributed by atoms with Gasteiger partial charge in [0.15, 0.2) is 0 Å². The largest absolute Gasteiger partial charge is 0.377 e. The number of hydrogen-bond acceptors (Lipinski definition) is 3. The summed E-state index contributed by atoms with van der Waals surface area (Å²) in [5.74, 6) is 1.25. The lowest BCUT2D eigenvalue weighted by molar-refractivity contribution is -0.107. The Morgan fingerprint density at radius 1 is 1.29 bits per heavy atom. The maximum absolute atomic E-state index is 12.5. The summed E-state index contributed by atoms with van der Waals surface area (Å²) in [6, 6.07) is 2.35. The minimum absolute atomic E-state index is 0.00210. The molecule has 0 unspecified atom stereocenters. The van der Waals surface area contributed by atoms with Crippen molar-refractivity contribution < 1.29 is 9.53 Å². The number of nitrogens with zero attached hydrogens (tertiary/aromatic N) is 2. The number of aromatic nitrogens is 2. The van der Waals surface area contributed by atoms with Gasteiger partial charge in [-0.05, 0) is 19.3 Å². The van der Waals surface area contributed by atoms with E-state index < -0.39 is 0 Å². The van der Waals surface area contributed by atoms with Gasteiger partial charge in [-0.1, -0.05) is 33.1 Å². The van der Waals surface area contributed by atoms with Crippen LogP contribution in [0.2, 0.25) is 0 Å². The molecule has 1 saturated heterocycles. The van der Waals surface area contributed by atoms with Crippen LogP contribution in [-0.4, -0.2) is 34.6 Å². The van der Waals surface area contributed by atoms with E-state index in [1.165, 1.54) is 19.3 Å². The van der Waals surface area contributed by atoms with Crippen molar-refractivity contribution in [1.29, 1.82) is 0 Å². The first kappa shape index (κ1) is 15.9. The number of amides is 2. The van der Waals surface area contributed by atoms with E-state index in [-0.39, 0.29) is 23.6 Å². The predicted octanol–water partition coefficient (Wildman–Crippen LogP) is 3.32. The maximum Gasteiger partial charge on any atom is 0.320 e. The van der Waals surface area contributed by atoms with E-state index in [9.17, 15) is 4.79 Å². The third-order valence-electron chi connectivity index (χ3n) is 6.22. The van der Waals surface area contributed by atoms with Gasteiger partial charge in [0.25, 0.3) is 0 Å². The van der Waals surface area contributed by atoms with Gasteiger partial charge in [0, 0.05) is 30.0 Å². The summed E-state index contributed by atoms with van der Waals surface area (Å²) in [7, 11) is 0. The first-order chi connectivity index (χ1) is 11.6. The van der Waals surface area contributed by atoms with Crippen molar-refractivity contribution in [2.45, 2.75) is 70.6 Å². The van der Waals surface area contributed by atoms with Gasteiger partial charge in [0.05, 0.1) is 18.3 Å². The summed E-state index contributed by atoms with van der Waals surface area (Å²) in [4.78, 5) is 12.5. The summed E-state index contributed by atoms with van der Waals surface area (Å²) in [5.41, 5.74) is 0.00210. The van der Waals surface area contributed by atoms with Crippen LogP contribution in [0, 0.1) is 11.3 Å². The Morgan fingerprint density at radius 2 is 2.08 bits per heavy atom. The highest BCUT2D eigenvalue weighted by molar-refractivity contribution is 5.88. The van der Waals surface area contributed by atoms with Crippen LogP contribution >= 0.6 is 0 Å². The zero-order valence-electron chi connectivity index (χ0n) is 14.6. The maximum atomic E-state index is 12.5. The summed E-state index contributed by atoms with van der Waals surface area (Å²) in [5, 5.41) is 10.6. The zero-order valence-corrected chi connectivity index (χ0v) is 14.6. The molecule has 6 heteroatoms. The lowest BCUT2D eigenvalue weighted by atomic mass is 9.57. The molecule has 1 aromatic heterocycles. The fourth-order valence-electron chi connectivity index (χ4n) is 4.94. The van der Waals surface area contributed by atoms with Crippen molar-refractivity contribution in [3.63, 3.8) is 0 Å². The van der Waals surface area contributed by atoms with Crippen molar-refractivity contribution in [3.8, 4) is 0 Å². The number of urea groups is 1. The summed E-state index contributed by atoms with van der Waals surface area (Å²) in [6.45, 7) is 5.17. The molecule has 0 aromatic carbocycles. The lowest BCUT2D eigenvalue weighted by Gasteiger charge is -2.54. The van der Waals surface area contributed by atoms with Crippen molar-refractivity contribution in [3.05, 3.63) is 12.3 Å². The molecule has 24 heavy (non-hydrogen) atoms. The highest BCUT2D eigenvalue weighted by Crippen LogP contribution is 2.52. The van der Waals surface area contributed by atoms with Gasteiger partial charge in [0.1, 0.15) is 5.82 Å². The molecule has 1 aliphatic heterocycles. The Labute approximate surface area is 143 Å². The second-order valence-corrected chi connectivity index (χ2v) is 8.09. The minimum atomic E-state index is -0.129. The van der Waals surface area contributed by atoms with Crippen LogP contribution in [-0.2, 0) is 4.74 Å². The van der Waals surface area contributed by atoms with E-state index in [2.05, 4.69) is 29.6 Å². The molecule has 2 N–H and O–H groups in total. The molecule has 2 amide bonds. The van der Waals surface area contributed by atoms with E-state index in [1.807, 2.05) is 10.7 Å². The number of nitrogens with one attached hydrogen (secondary N) is 2. The van der Waals surface area contributed by atoms with E-state index in [4.69, 9.17) is 4.74 Å². The third-order valence-corrected chi connectivity index (χ3v) is 6.22. The van der Waals surface area contributed by atoms with Crippen LogP contribution in [0.1, 0.15) is 58.4 Å². The van der Waals surface area contributed by atoms with Crippen molar-refractivity contribution in [2.24, 2.45) is 11.3 Å². The van der Waals surface area contributed by atoms with Gasteiger partial charge in [-0.15, -0.1) is 0 Å². The summed E-state index contributed by atoms with van der Waals surface area (Å²) < 4.78 is 7.79. The summed E-state index contributed by atoms with van der Waals surface area (Å²) in [6.07, 6.45) is 9.20. The molecule has 3 fully saturated rings. The molecule has 3 atom stereocenters. The molecule has 132 valence electrons. The molecule has 2 aliphatic carbocycles. The van der Waals surface area contributed by atoms with Gasteiger partial charge < -0.3 is 10.1 Å². The molecule has 2 heterocycles. The fourth-order valence-corrected chi connectivity index (χ4v) is 4.94. The molecule has 2 saturated carbocycles. The van der Waals surface area contributed by atoms with E-state index in [0.29, 0.717) is 12.0 Å². The number of rotatable bonds is 3. The molecule has 0 radical (unpaired) electrons. The Balaban J connectivity index is 1.39. The number of fused-ring (bicyclic) bond motifs is 1.